The van der Waals surface area contributed by atoms with E-state index in [-0.39, 0.29) is 6.42 Å². The highest BCUT2D eigenvalue weighted by Gasteiger charge is 2.33. The zero-order valence-corrected chi connectivity index (χ0v) is 14.7. The van der Waals surface area contributed by atoms with Gasteiger partial charge in [-0.15, -0.1) is 0 Å². The van der Waals surface area contributed by atoms with Crippen molar-refractivity contribution in [1.82, 2.24) is 10.2 Å². The highest BCUT2D eigenvalue weighted by molar-refractivity contribution is 5.90. The molecular weight excluding hydrogens is 316 g/mol. The monoisotopic (exact) mass is 342 g/mol. The van der Waals surface area contributed by atoms with Crippen molar-refractivity contribution in [1.29, 1.82) is 0 Å². The van der Waals surface area contributed by atoms with Crippen molar-refractivity contribution in [3.63, 3.8) is 0 Å². The van der Waals surface area contributed by atoms with Gasteiger partial charge in [0.2, 0.25) is 12.3 Å². The van der Waals surface area contributed by atoms with E-state index in [0.717, 1.165) is 12.8 Å². The van der Waals surface area contributed by atoms with E-state index in [9.17, 15) is 19.2 Å². The summed E-state index contributed by atoms with van der Waals surface area (Å²) in [5, 5.41) is 2.50. The number of methoxy groups -OCH3 is 1. The summed E-state index contributed by atoms with van der Waals surface area (Å²) in [4.78, 5) is 48.6. The molecule has 0 saturated carbocycles. The molecule has 0 aromatic rings. The molecule has 0 aliphatic carbocycles. The molecule has 1 aliphatic heterocycles. The lowest BCUT2D eigenvalue weighted by Crippen LogP contribution is -2.53. The number of hydrogen-bond donors (Lipinski definition) is 1. The highest BCUT2D eigenvalue weighted by atomic mass is 16.6. The third-order valence-corrected chi connectivity index (χ3v) is 3.58. The van der Waals surface area contributed by atoms with Crippen LogP contribution in [-0.2, 0) is 28.7 Å². The summed E-state index contributed by atoms with van der Waals surface area (Å²) in [6.45, 7) is 5.62. The number of nitrogens with one attached hydrogen (secondary N) is 1. The maximum atomic E-state index is 12.4. The van der Waals surface area contributed by atoms with Gasteiger partial charge in [-0.3, -0.25) is 14.4 Å². The van der Waals surface area contributed by atoms with Gasteiger partial charge in [-0.05, 0) is 40.0 Å². The Morgan fingerprint density at radius 2 is 1.96 bits per heavy atom. The van der Waals surface area contributed by atoms with Crippen LogP contribution in [0.3, 0.4) is 0 Å². The Morgan fingerprint density at radius 1 is 1.29 bits per heavy atom. The lowest BCUT2D eigenvalue weighted by molar-refractivity contribution is -0.159. The van der Waals surface area contributed by atoms with Crippen molar-refractivity contribution in [3.05, 3.63) is 0 Å². The number of esters is 2. The Bertz CT molecular complexity index is 485. The molecule has 8 heteroatoms. The molecule has 0 aromatic heterocycles. The number of piperidine rings is 1. The Balaban J connectivity index is 2.74. The van der Waals surface area contributed by atoms with Crippen LogP contribution >= 0.6 is 0 Å². The molecule has 0 bridgehead atoms. The lowest BCUT2D eigenvalue weighted by atomic mass is 10.0. The van der Waals surface area contributed by atoms with E-state index in [1.165, 1.54) is 12.0 Å². The Kier molecular flexibility index (Phi) is 7.18. The van der Waals surface area contributed by atoms with Gasteiger partial charge in [0.05, 0.1) is 13.5 Å². The number of nitrogens with zero attached hydrogens (tertiary/aromatic N) is 1. The van der Waals surface area contributed by atoms with Crippen molar-refractivity contribution < 1.29 is 28.7 Å². The zero-order valence-electron chi connectivity index (χ0n) is 14.7. The van der Waals surface area contributed by atoms with E-state index in [2.05, 4.69) is 10.1 Å². The molecule has 0 spiro atoms. The highest BCUT2D eigenvalue weighted by Crippen LogP contribution is 2.16. The molecule has 1 aliphatic rings. The van der Waals surface area contributed by atoms with Crippen LogP contribution in [0.4, 0.5) is 0 Å². The molecule has 2 unspecified atom stereocenters. The van der Waals surface area contributed by atoms with Gasteiger partial charge in [0.15, 0.2) is 0 Å². The van der Waals surface area contributed by atoms with Crippen molar-refractivity contribution in [2.24, 2.45) is 0 Å². The summed E-state index contributed by atoms with van der Waals surface area (Å²) in [5.41, 5.74) is -0.695. The van der Waals surface area contributed by atoms with Gasteiger partial charge in [-0.2, -0.15) is 0 Å². The summed E-state index contributed by atoms with van der Waals surface area (Å²) in [7, 11) is 1.18. The van der Waals surface area contributed by atoms with Gasteiger partial charge < -0.3 is 19.7 Å². The predicted molar refractivity (Wildman–Crippen MR) is 84.8 cm³/mol. The van der Waals surface area contributed by atoms with Gasteiger partial charge in [-0.1, -0.05) is 0 Å². The fourth-order valence-corrected chi connectivity index (χ4v) is 2.51. The fraction of sp³-hybridized carbons (Fsp3) is 0.750. The van der Waals surface area contributed by atoms with Crippen molar-refractivity contribution in [2.75, 3.05) is 13.7 Å². The molecule has 2 atom stereocenters. The number of carbonyl (C=O) groups is 4. The lowest BCUT2D eigenvalue weighted by Gasteiger charge is -2.32. The average Bonchev–Trinajstić information content (AvgIpc) is 2.51. The van der Waals surface area contributed by atoms with Crippen molar-refractivity contribution >= 4 is 24.3 Å². The first-order chi connectivity index (χ1) is 11.2. The van der Waals surface area contributed by atoms with Crippen LogP contribution in [0.5, 0.6) is 0 Å². The summed E-state index contributed by atoms with van der Waals surface area (Å²) < 4.78 is 9.81. The minimum absolute atomic E-state index is 0.330. The molecule has 0 aromatic carbocycles. The van der Waals surface area contributed by atoms with E-state index >= 15 is 0 Å². The molecule has 8 nitrogen and oxygen atoms in total. The quantitative estimate of drug-likeness (QED) is 0.553. The number of carbonyl (C=O) groups excluding carboxylic acids is 4. The normalized spacial score (nSPS) is 19.2. The van der Waals surface area contributed by atoms with Crippen LogP contribution in [-0.4, -0.2) is 60.5 Å². The second-order valence-corrected chi connectivity index (χ2v) is 6.73. The Morgan fingerprint density at radius 3 is 2.50 bits per heavy atom. The molecular formula is C16H26N2O6. The van der Waals surface area contributed by atoms with Gasteiger partial charge >= 0.3 is 11.9 Å². The number of hydrogen-bond acceptors (Lipinski definition) is 6. The minimum Gasteiger partial charge on any atom is -0.467 e. The molecule has 24 heavy (non-hydrogen) atoms. The summed E-state index contributed by atoms with van der Waals surface area (Å²) in [5.74, 6) is -1.82. The van der Waals surface area contributed by atoms with Crippen LogP contribution in [0.25, 0.3) is 0 Å². The molecule has 1 heterocycles. The van der Waals surface area contributed by atoms with Gasteiger partial charge in [0, 0.05) is 6.54 Å². The first-order valence-electron chi connectivity index (χ1n) is 7.99. The topological polar surface area (TPSA) is 102 Å². The van der Waals surface area contributed by atoms with Crippen LogP contribution in [0, 0.1) is 0 Å². The summed E-state index contributed by atoms with van der Waals surface area (Å²) >= 11 is 0. The van der Waals surface area contributed by atoms with E-state index in [1.54, 1.807) is 20.8 Å². The second-order valence-electron chi connectivity index (χ2n) is 6.73. The van der Waals surface area contributed by atoms with E-state index in [0.29, 0.717) is 19.4 Å². The molecule has 0 radical (unpaired) electrons. The van der Waals surface area contributed by atoms with Crippen molar-refractivity contribution in [2.45, 2.75) is 64.1 Å². The average molecular weight is 342 g/mol. The van der Waals surface area contributed by atoms with Gasteiger partial charge in [0.1, 0.15) is 17.7 Å². The fourth-order valence-electron chi connectivity index (χ4n) is 2.51. The van der Waals surface area contributed by atoms with E-state index in [1.807, 2.05) is 0 Å². The maximum Gasteiger partial charge on any atom is 0.328 e. The molecule has 1 N–H and O–H groups in total. The molecule has 2 amide bonds. The number of rotatable bonds is 6. The molecule has 1 saturated heterocycles. The summed E-state index contributed by atoms with van der Waals surface area (Å²) in [6, 6.07) is -1.78. The third kappa shape index (κ3) is 6.17. The molecule has 1 fully saturated rings. The third-order valence-electron chi connectivity index (χ3n) is 3.58. The second kappa shape index (κ2) is 8.65. The van der Waals surface area contributed by atoms with Gasteiger partial charge in [0.25, 0.3) is 0 Å². The van der Waals surface area contributed by atoms with Crippen LogP contribution in [0.15, 0.2) is 0 Å². The number of amides is 2. The van der Waals surface area contributed by atoms with E-state index < -0.39 is 35.5 Å². The van der Waals surface area contributed by atoms with Crippen LogP contribution < -0.4 is 5.32 Å². The first-order valence-corrected chi connectivity index (χ1v) is 7.99. The summed E-state index contributed by atoms with van der Waals surface area (Å²) in [6.07, 6.45) is 2.47. The molecule has 1 rings (SSSR count). The number of ether oxygens (including phenoxy) is 2. The van der Waals surface area contributed by atoms with Gasteiger partial charge in [-0.25, -0.2) is 4.79 Å². The standard InChI is InChI=1S/C16H26N2O6/c1-16(2,3)24-13(20)9-11(15(22)23-4)17-14(21)12-7-5-6-8-18(12)10-19/h10-12H,5-9H2,1-4H3,(H,17,21). The Hall–Kier alpha value is -2.12. The van der Waals surface area contributed by atoms with E-state index in [4.69, 9.17) is 4.74 Å². The SMILES string of the molecule is COC(=O)C(CC(=O)OC(C)(C)C)NC(=O)C1CCCCN1C=O. The van der Waals surface area contributed by atoms with Crippen LogP contribution in [0.2, 0.25) is 0 Å². The first kappa shape index (κ1) is 19.9. The zero-order chi connectivity index (χ0) is 18.3. The largest absolute Gasteiger partial charge is 0.467 e. The van der Waals surface area contributed by atoms with Crippen LogP contribution in [0.1, 0.15) is 46.5 Å². The Labute approximate surface area is 141 Å². The molecule has 136 valence electrons. The predicted octanol–water partition coefficient (Wildman–Crippen LogP) is 0.387. The van der Waals surface area contributed by atoms with Crippen molar-refractivity contribution in [3.8, 4) is 0 Å². The number of likely N-dealkylation sites (tertiary alicyclic amines) is 1. The maximum absolute atomic E-state index is 12.4. The smallest absolute Gasteiger partial charge is 0.328 e. The minimum atomic E-state index is -1.15.